The van der Waals surface area contributed by atoms with Crippen LogP contribution in [0, 0.1) is 17.0 Å². The molecular formula is C11H13NO4. The number of hydrogen-bond acceptors (Lipinski definition) is 4. The standard InChI is InChI=1S/C11H13NO4/c1-3-9(13)7-16-11-5-4-8(2)6-10(11)12(14)15/h4-6H,3,7H2,1-2H3. The van der Waals surface area contributed by atoms with Crippen molar-refractivity contribution in [2.45, 2.75) is 20.3 Å². The highest BCUT2D eigenvalue weighted by atomic mass is 16.6. The van der Waals surface area contributed by atoms with E-state index in [4.69, 9.17) is 4.74 Å². The molecule has 0 saturated heterocycles. The topological polar surface area (TPSA) is 69.4 Å². The van der Waals surface area contributed by atoms with Gasteiger partial charge in [0.2, 0.25) is 0 Å². The zero-order chi connectivity index (χ0) is 12.1. The number of rotatable bonds is 5. The van der Waals surface area contributed by atoms with Gasteiger partial charge >= 0.3 is 5.69 Å². The lowest BCUT2D eigenvalue weighted by Gasteiger charge is -2.05. The van der Waals surface area contributed by atoms with Crippen LogP contribution in [0.3, 0.4) is 0 Å². The molecule has 0 aromatic heterocycles. The zero-order valence-electron chi connectivity index (χ0n) is 9.23. The average molecular weight is 223 g/mol. The lowest BCUT2D eigenvalue weighted by molar-refractivity contribution is -0.385. The molecule has 86 valence electrons. The molecule has 0 unspecified atom stereocenters. The average Bonchev–Trinajstić information content (AvgIpc) is 2.26. The van der Waals surface area contributed by atoms with E-state index in [-0.39, 0.29) is 23.8 Å². The van der Waals surface area contributed by atoms with E-state index >= 15 is 0 Å². The predicted molar refractivity (Wildman–Crippen MR) is 58.6 cm³/mol. The number of hydrogen-bond donors (Lipinski definition) is 0. The van der Waals surface area contributed by atoms with Gasteiger partial charge in [0, 0.05) is 12.5 Å². The minimum atomic E-state index is -0.515. The smallest absolute Gasteiger partial charge is 0.311 e. The van der Waals surface area contributed by atoms with E-state index in [1.54, 1.807) is 19.9 Å². The fourth-order valence-corrected chi connectivity index (χ4v) is 1.15. The number of nitro groups is 1. The number of carbonyl (C=O) groups excluding carboxylic acids is 1. The van der Waals surface area contributed by atoms with Crippen molar-refractivity contribution in [1.82, 2.24) is 0 Å². The van der Waals surface area contributed by atoms with Gasteiger partial charge in [0.25, 0.3) is 0 Å². The van der Waals surface area contributed by atoms with Crippen molar-refractivity contribution >= 4 is 11.5 Å². The van der Waals surface area contributed by atoms with E-state index in [1.165, 1.54) is 12.1 Å². The van der Waals surface area contributed by atoms with Gasteiger partial charge in [-0.2, -0.15) is 0 Å². The molecule has 5 nitrogen and oxygen atoms in total. The van der Waals surface area contributed by atoms with Crippen molar-refractivity contribution in [3.8, 4) is 5.75 Å². The first-order valence-corrected chi connectivity index (χ1v) is 4.94. The Bertz CT molecular complexity index is 414. The molecule has 16 heavy (non-hydrogen) atoms. The minimum absolute atomic E-state index is 0.0881. The zero-order valence-corrected chi connectivity index (χ0v) is 9.23. The van der Waals surface area contributed by atoms with Gasteiger partial charge in [-0.25, -0.2) is 0 Å². The van der Waals surface area contributed by atoms with Crippen molar-refractivity contribution in [2.75, 3.05) is 6.61 Å². The van der Waals surface area contributed by atoms with Gasteiger partial charge in [-0.15, -0.1) is 0 Å². The predicted octanol–water partition coefficient (Wildman–Crippen LogP) is 2.26. The monoisotopic (exact) mass is 223 g/mol. The summed E-state index contributed by atoms with van der Waals surface area (Å²) in [5.41, 5.74) is 0.671. The van der Waals surface area contributed by atoms with Gasteiger partial charge in [0.15, 0.2) is 11.5 Å². The minimum Gasteiger partial charge on any atom is -0.479 e. The van der Waals surface area contributed by atoms with Gasteiger partial charge in [-0.1, -0.05) is 13.0 Å². The van der Waals surface area contributed by atoms with Crippen LogP contribution in [-0.2, 0) is 4.79 Å². The summed E-state index contributed by atoms with van der Waals surface area (Å²) >= 11 is 0. The Morgan fingerprint density at radius 3 is 2.75 bits per heavy atom. The molecule has 1 aromatic carbocycles. The number of ketones is 1. The van der Waals surface area contributed by atoms with Crippen molar-refractivity contribution in [1.29, 1.82) is 0 Å². The molecule has 0 spiro atoms. The van der Waals surface area contributed by atoms with Crippen LogP contribution in [0.5, 0.6) is 5.75 Å². The molecule has 5 heteroatoms. The fourth-order valence-electron chi connectivity index (χ4n) is 1.15. The first-order valence-electron chi connectivity index (χ1n) is 4.94. The Morgan fingerprint density at radius 1 is 1.50 bits per heavy atom. The SMILES string of the molecule is CCC(=O)COc1ccc(C)cc1[N+](=O)[O-]. The molecular weight excluding hydrogens is 210 g/mol. The van der Waals surface area contributed by atoms with Crippen molar-refractivity contribution in [2.24, 2.45) is 0 Å². The second kappa shape index (κ2) is 5.25. The number of aryl methyl sites for hydroxylation is 1. The summed E-state index contributed by atoms with van der Waals surface area (Å²) < 4.78 is 5.11. The van der Waals surface area contributed by atoms with Gasteiger partial charge in [0.1, 0.15) is 6.61 Å². The van der Waals surface area contributed by atoms with Gasteiger partial charge in [-0.05, 0) is 18.6 Å². The second-order valence-corrected chi connectivity index (χ2v) is 3.41. The Morgan fingerprint density at radius 2 is 2.19 bits per heavy atom. The summed E-state index contributed by atoms with van der Waals surface area (Å²) in [4.78, 5) is 21.3. The Kier molecular flexibility index (Phi) is 3.99. The molecule has 0 aliphatic carbocycles. The highest BCUT2D eigenvalue weighted by Gasteiger charge is 2.15. The first kappa shape index (κ1) is 12.2. The lowest BCUT2D eigenvalue weighted by atomic mass is 10.2. The number of nitro benzene ring substituents is 1. The van der Waals surface area contributed by atoms with E-state index in [2.05, 4.69) is 0 Å². The number of Topliss-reactive ketones (excluding diaryl/α,β-unsaturated/α-hetero) is 1. The molecule has 0 N–H and O–H groups in total. The summed E-state index contributed by atoms with van der Waals surface area (Å²) in [6, 6.07) is 4.64. The van der Waals surface area contributed by atoms with Crippen LogP contribution in [0.1, 0.15) is 18.9 Å². The molecule has 0 saturated carbocycles. The van der Waals surface area contributed by atoms with Crippen LogP contribution >= 0.6 is 0 Å². The van der Waals surface area contributed by atoms with E-state index < -0.39 is 4.92 Å². The van der Waals surface area contributed by atoms with Crippen LogP contribution in [0.2, 0.25) is 0 Å². The molecule has 0 fully saturated rings. The summed E-state index contributed by atoms with van der Waals surface area (Å²) in [5, 5.41) is 10.7. The van der Waals surface area contributed by atoms with E-state index in [0.29, 0.717) is 6.42 Å². The normalized spacial score (nSPS) is 9.88. The van der Waals surface area contributed by atoms with Crippen LogP contribution < -0.4 is 4.74 Å². The van der Waals surface area contributed by atoms with Crippen LogP contribution in [0.25, 0.3) is 0 Å². The molecule has 0 amide bonds. The number of ether oxygens (including phenoxy) is 1. The number of benzene rings is 1. The summed E-state index contributed by atoms with van der Waals surface area (Å²) in [5.74, 6) is 0.0484. The van der Waals surface area contributed by atoms with Gasteiger partial charge in [-0.3, -0.25) is 14.9 Å². The third-order valence-electron chi connectivity index (χ3n) is 2.09. The van der Waals surface area contributed by atoms with E-state index in [0.717, 1.165) is 5.56 Å². The molecule has 0 aliphatic rings. The molecule has 0 bridgehead atoms. The van der Waals surface area contributed by atoms with E-state index in [9.17, 15) is 14.9 Å². The third kappa shape index (κ3) is 3.05. The third-order valence-corrected chi connectivity index (χ3v) is 2.09. The van der Waals surface area contributed by atoms with Crippen LogP contribution in [0.15, 0.2) is 18.2 Å². The lowest BCUT2D eigenvalue weighted by Crippen LogP contribution is -2.10. The first-order chi connectivity index (χ1) is 7.54. The van der Waals surface area contributed by atoms with Crippen molar-refractivity contribution in [3.63, 3.8) is 0 Å². The molecule has 1 rings (SSSR count). The number of nitrogens with zero attached hydrogens (tertiary/aromatic N) is 1. The Hall–Kier alpha value is -1.91. The fraction of sp³-hybridized carbons (Fsp3) is 0.364. The maximum atomic E-state index is 11.0. The Balaban J connectivity index is 2.87. The van der Waals surface area contributed by atoms with Gasteiger partial charge in [0.05, 0.1) is 4.92 Å². The van der Waals surface area contributed by atoms with Crippen molar-refractivity contribution in [3.05, 3.63) is 33.9 Å². The second-order valence-electron chi connectivity index (χ2n) is 3.41. The maximum Gasteiger partial charge on any atom is 0.311 e. The van der Waals surface area contributed by atoms with Crippen LogP contribution in [-0.4, -0.2) is 17.3 Å². The molecule has 0 aliphatic heterocycles. The van der Waals surface area contributed by atoms with Crippen LogP contribution in [0.4, 0.5) is 5.69 Å². The molecule has 0 radical (unpaired) electrons. The summed E-state index contributed by atoms with van der Waals surface area (Å²) in [6.45, 7) is 3.35. The number of carbonyl (C=O) groups is 1. The van der Waals surface area contributed by atoms with Crippen molar-refractivity contribution < 1.29 is 14.5 Å². The molecule has 1 aromatic rings. The molecule has 0 atom stereocenters. The summed E-state index contributed by atoms with van der Waals surface area (Å²) in [7, 11) is 0. The largest absolute Gasteiger partial charge is 0.479 e. The van der Waals surface area contributed by atoms with Gasteiger partial charge < -0.3 is 4.74 Å². The summed E-state index contributed by atoms with van der Waals surface area (Å²) in [6.07, 6.45) is 0.361. The maximum absolute atomic E-state index is 11.0. The molecule has 0 heterocycles. The highest BCUT2D eigenvalue weighted by Crippen LogP contribution is 2.27. The highest BCUT2D eigenvalue weighted by molar-refractivity contribution is 5.79. The Labute approximate surface area is 93.2 Å². The van der Waals surface area contributed by atoms with E-state index in [1.807, 2.05) is 0 Å². The quantitative estimate of drug-likeness (QED) is 0.567.